The van der Waals surface area contributed by atoms with Crippen LogP contribution in [0, 0.1) is 0 Å². The van der Waals surface area contributed by atoms with E-state index in [1.807, 2.05) is 73.6 Å². The summed E-state index contributed by atoms with van der Waals surface area (Å²) in [6, 6.07) is 15.4. The molecular weight excluding hydrogens is 328 g/mol. The number of aliphatic imine (C=N–C) groups is 1. The van der Waals surface area contributed by atoms with Crippen molar-refractivity contribution in [2.24, 2.45) is 4.99 Å². The summed E-state index contributed by atoms with van der Waals surface area (Å²) in [5.74, 6) is 0.621. The summed E-state index contributed by atoms with van der Waals surface area (Å²) in [7, 11) is 5.58. The van der Waals surface area contributed by atoms with Crippen molar-refractivity contribution in [2.45, 2.75) is 0 Å². The van der Waals surface area contributed by atoms with Gasteiger partial charge in [-0.25, -0.2) is 9.79 Å². The molecule has 5 nitrogen and oxygen atoms in total. The highest BCUT2D eigenvalue weighted by Crippen LogP contribution is 2.19. The number of methoxy groups -OCH3 is 1. The van der Waals surface area contributed by atoms with E-state index >= 15 is 0 Å². The lowest BCUT2D eigenvalue weighted by Gasteiger charge is -2.11. The van der Waals surface area contributed by atoms with Gasteiger partial charge in [-0.15, -0.1) is 0 Å². The molecule has 0 unspecified atom stereocenters. The molecule has 1 heterocycles. The Kier molecular flexibility index (Phi) is 5.17. The van der Waals surface area contributed by atoms with Gasteiger partial charge in [0.1, 0.15) is 5.75 Å². The molecule has 0 aromatic heterocycles. The van der Waals surface area contributed by atoms with E-state index in [1.165, 1.54) is 0 Å². The Bertz CT molecular complexity index is 876. The summed E-state index contributed by atoms with van der Waals surface area (Å²) in [6.07, 6.45) is 5.23. The lowest BCUT2D eigenvalue weighted by Crippen LogP contribution is -2.07. The average Bonchev–Trinajstić information content (AvgIpc) is 3.00. The molecule has 1 aliphatic heterocycles. The van der Waals surface area contributed by atoms with Gasteiger partial charge in [-0.1, -0.05) is 24.3 Å². The molecule has 0 atom stereocenters. The average molecular weight is 348 g/mol. The third kappa shape index (κ3) is 4.19. The smallest absolute Gasteiger partial charge is 0.363 e. The number of benzene rings is 2. The number of carbonyl (C=O) groups is 1. The van der Waals surface area contributed by atoms with Gasteiger partial charge in [-0.05, 0) is 47.5 Å². The Balaban J connectivity index is 1.74. The van der Waals surface area contributed by atoms with Crippen LogP contribution in [0.5, 0.6) is 5.75 Å². The van der Waals surface area contributed by atoms with Crippen molar-refractivity contribution < 1.29 is 14.3 Å². The van der Waals surface area contributed by atoms with Crippen molar-refractivity contribution in [3.05, 3.63) is 71.4 Å². The zero-order chi connectivity index (χ0) is 18.5. The van der Waals surface area contributed by atoms with Crippen molar-refractivity contribution in [3.8, 4) is 5.75 Å². The lowest BCUT2D eigenvalue weighted by molar-refractivity contribution is -0.129. The number of cyclic esters (lactones) is 1. The molecule has 0 spiro atoms. The van der Waals surface area contributed by atoms with Gasteiger partial charge in [0.05, 0.1) is 7.11 Å². The van der Waals surface area contributed by atoms with E-state index in [1.54, 1.807) is 19.3 Å². The molecule has 0 saturated carbocycles. The summed E-state index contributed by atoms with van der Waals surface area (Å²) < 4.78 is 10.3. The molecule has 1 aliphatic rings. The number of nitrogens with zero attached hydrogens (tertiary/aromatic N) is 2. The predicted octanol–water partition coefficient (Wildman–Crippen LogP) is 3.77. The first kappa shape index (κ1) is 17.5. The third-order valence-corrected chi connectivity index (χ3v) is 3.88. The molecule has 0 bridgehead atoms. The van der Waals surface area contributed by atoms with Gasteiger partial charge >= 0.3 is 5.97 Å². The van der Waals surface area contributed by atoms with Crippen LogP contribution in [0.25, 0.3) is 12.2 Å². The lowest BCUT2D eigenvalue weighted by atomic mass is 10.1. The number of ether oxygens (including phenoxy) is 2. The third-order valence-electron chi connectivity index (χ3n) is 3.88. The number of carbonyl (C=O) groups excluding carboxylic acids is 1. The first-order valence-corrected chi connectivity index (χ1v) is 8.17. The van der Waals surface area contributed by atoms with Gasteiger partial charge in [0.25, 0.3) is 0 Å². The minimum atomic E-state index is -0.448. The van der Waals surface area contributed by atoms with E-state index in [4.69, 9.17) is 9.47 Å². The van der Waals surface area contributed by atoms with Gasteiger partial charge in [-0.2, -0.15) is 0 Å². The van der Waals surface area contributed by atoms with Crippen molar-refractivity contribution >= 4 is 29.7 Å². The molecule has 26 heavy (non-hydrogen) atoms. The first-order valence-electron chi connectivity index (χ1n) is 8.17. The SMILES string of the molecule is COc1ccc(/C=C/C2=NC(=C\c3ccc(N(C)C)cc3)/C(=O)O2)cc1. The van der Waals surface area contributed by atoms with Crippen molar-refractivity contribution in [3.63, 3.8) is 0 Å². The molecule has 3 rings (SSSR count). The van der Waals surface area contributed by atoms with Crippen molar-refractivity contribution in [1.29, 1.82) is 0 Å². The highest BCUT2D eigenvalue weighted by molar-refractivity contribution is 6.11. The molecule has 2 aromatic rings. The fourth-order valence-corrected chi connectivity index (χ4v) is 2.41. The van der Waals surface area contributed by atoms with Crippen LogP contribution < -0.4 is 9.64 Å². The van der Waals surface area contributed by atoms with Crippen LogP contribution in [0.1, 0.15) is 11.1 Å². The molecule has 0 fully saturated rings. The highest BCUT2D eigenvalue weighted by atomic mass is 16.6. The van der Waals surface area contributed by atoms with Crippen LogP contribution in [-0.4, -0.2) is 33.1 Å². The monoisotopic (exact) mass is 348 g/mol. The van der Waals surface area contributed by atoms with E-state index in [-0.39, 0.29) is 11.6 Å². The van der Waals surface area contributed by atoms with Crippen LogP contribution in [0.3, 0.4) is 0 Å². The van der Waals surface area contributed by atoms with E-state index < -0.39 is 5.97 Å². The number of rotatable bonds is 5. The Hall–Kier alpha value is -3.34. The zero-order valence-electron chi connectivity index (χ0n) is 15.0. The summed E-state index contributed by atoms with van der Waals surface area (Å²) >= 11 is 0. The fourth-order valence-electron chi connectivity index (χ4n) is 2.41. The van der Waals surface area contributed by atoms with Crippen LogP contribution in [0.2, 0.25) is 0 Å². The summed E-state index contributed by atoms with van der Waals surface area (Å²) in [5.41, 5.74) is 3.23. The minimum Gasteiger partial charge on any atom is -0.497 e. The second-order valence-corrected chi connectivity index (χ2v) is 5.96. The van der Waals surface area contributed by atoms with E-state index in [0.29, 0.717) is 0 Å². The van der Waals surface area contributed by atoms with Gasteiger partial charge in [-0.3, -0.25) is 0 Å². The van der Waals surface area contributed by atoms with Crippen LogP contribution >= 0.6 is 0 Å². The molecule has 5 heteroatoms. The van der Waals surface area contributed by atoms with Gasteiger partial charge < -0.3 is 14.4 Å². The number of esters is 1. The summed E-state index contributed by atoms with van der Waals surface area (Å²) in [6.45, 7) is 0. The van der Waals surface area contributed by atoms with Gasteiger partial charge in [0.2, 0.25) is 5.90 Å². The minimum absolute atomic E-state index is 0.280. The van der Waals surface area contributed by atoms with Crippen LogP contribution in [-0.2, 0) is 9.53 Å². The van der Waals surface area contributed by atoms with E-state index in [9.17, 15) is 4.79 Å². The van der Waals surface area contributed by atoms with Crippen molar-refractivity contribution in [2.75, 3.05) is 26.1 Å². The van der Waals surface area contributed by atoms with Crippen LogP contribution in [0.15, 0.2) is 65.3 Å². The molecule has 0 radical (unpaired) electrons. The normalized spacial score (nSPS) is 15.3. The molecule has 0 N–H and O–H groups in total. The number of anilines is 1. The highest BCUT2D eigenvalue weighted by Gasteiger charge is 2.21. The Morgan fingerprint density at radius 2 is 1.62 bits per heavy atom. The van der Waals surface area contributed by atoms with Gasteiger partial charge in [0.15, 0.2) is 5.70 Å². The maximum Gasteiger partial charge on any atom is 0.363 e. The second-order valence-electron chi connectivity index (χ2n) is 5.96. The number of hydrogen-bond acceptors (Lipinski definition) is 5. The fraction of sp³-hybridized carbons (Fsp3) is 0.143. The van der Waals surface area contributed by atoms with Crippen LogP contribution in [0.4, 0.5) is 5.69 Å². The predicted molar refractivity (Wildman–Crippen MR) is 104 cm³/mol. The molecule has 0 amide bonds. The maximum atomic E-state index is 12.0. The maximum absolute atomic E-state index is 12.0. The summed E-state index contributed by atoms with van der Waals surface area (Å²) in [5, 5.41) is 0. The second kappa shape index (κ2) is 7.70. The summed E-state index contributed by atoms with van der Waals surface area (Å²) in [4.78, 5) is 18.3. The molecule has 0 saturated heterocycles. The molecule has 2 aromatic carbocycles. The first-order chi connectivity index (χ1) is 12.5. The number of hydrogen-bond donors (Lipinski definition) is 0. The van der Waals surface area contributed by atoms with Gasteiger partial charge in [0, 0.05) is 25.9 Å². The Morgan fingerprint density at radius 3 is 2.23 bits per heavy atom. The molecule has 0 aliphatic carbocycles. The largest absolute Gasteiger partial charge is 0.497 e. The Labute approximate surface area is 152 Å². The topological polar surface area (TPSA) is 51.1 Å². The molecule has 132 valence electrons. The quantitative estimate of drug-likeness (QED) is 0.610. The van der Waals surface area contributed by atoms with Crippen molar-refractivity contribution in [1.82, 2.24) is 0 Å². The van der Waals surface area contributed by atoms with E-state index in [2.05, 4.69) is 4.99 Å². The standard InChI is InChI=1S/C21H20N2O3/c1-23(2)17-9-4-16(5-10-17)14-19-21(24)26-20(22-19)13-8-15-6-11-18(25-3)12-7-15/h4-14H,1-3H3/b13-8+,19-14-. The van der Waals surface area contributed by atoms with E-state index in [0.717, 1.165) is 22.6 Å². The Morgan fingerprint density at radius 1 is 0.962 bits per heavy atom. The zero-order valence-corrected chi connectivity index (χ0v) is 15.0. The molecular formula is C21H20N2O3.